The van der Waals surface area contributed by atoms with Crippen molar-refractivity contribution >= 4 is 11.6 Å². The monoisotopic (exact) mass is 291 g/mol. The molecule has 1 aliphatic heterocycles. The Labute approximate surface area is 130 Å². The highest BCUT2D eigenvalue weighted by Gasteiger charge is 2.24. The van der Waals surface area contributed by atoms with Gasteiger partial charge in [0.1, 0.15) is 0 Å². The summed E-state index contributed by atoms with van der Waals surface area (Å²) in [6.45, 7) is 2.58. The highest BCUT2D eigenvalue weighted by Crippen LogP contribution is 2.18. The van der Waals surface area contributed by atoms with E-state index in [4.69, 9.17) is 5.26 Å². The zero-order chi connectivity index (χ0) is 15.4. The SMILES string of the molecule is N#Cc1ccc(N2CCN(Cc3ccccc3)C(=O)C2)cc1. The Kier molecular flexibility index (Phi) is 4.06. The maximum Gasteiger partial charge on any atom is 0.242 e. The lowest BCUT2D eigenvalue weighted by molar-refractivity contribution is -0.131. The van der Waals surface area contributed by atoms with Crippen molar-refractivity contribution in [3.63, 3.8) is 0 Å². The van der Waals surface area contributed by atoms with E-state index in [1.54, 1.807) is 12.1 Å². The van der Waals surface area contributed by atoms with Crippen LogP contribution in [0.2, 0.25) is 0 Å². The number of hydrogen-bond donors (Lipinski definition) is 0. The van der Waals surface area contributed by atoms with E-state index in [1.807, 2.05) is 47.4 Å². The lowest BCUT2D eigenvalue weighted by atomic mass is 10.1. The molecule has 4 nitrogen and oxygen atoms in total. The second kappa shape index (κ2) is 6.31. The second-order valence-electron chi connectivity index (χ2n) is 5.38. The molecule has 0 unspecified atom stereocenters. The summed E-state index contributed by atoms with van der Waals surface area (Å²) in [6.07, 6.45) is 0. The third-order valence-electron chi connectivity index (χ3n) is 3.90. The lowest BCUT2D eigenvalue weighted by Gasteiger charge is -2.35. The third kappa shape index (κ3) is 3.09. The number of piperazine rings is 1. The van der Waals surface area contributed by atoms with Gasteiger partial charge in [-0.1, -0.05) is 30.3 Å². The number of nitriles is 1. The van der Waals surface area contributed by atoms with E-state index in [0.717, 1.165) is 17.8 Å². The summed E-state index contributed by atoms with van der Waals surface area (Å²) in [4.78, 5) is 16.3. The van der Waals surface area contributed by atoms with Crippen LogP contribution in [-0.4, -0.2) is 30.4 Å². The first-order valence-corrected chi connectivity index (χ1v) is 7.33. The molecule has 0 spiro atoms. The number of benzene rings is 2. The maximum absolute atomic E-state index is 12.3. The van der Waals surface area contributed by atoms with E-state index in [-0.39, 0.29) is 5.91 Å². The van der Waals surface area contributed by atoms with Crippen molar-refractivity contribution in [2.75, 3.05) is 24.5 Å². The molecule has 0 radical (unpaired) electrons. The molecule has 2 aromatic rings. The summed E-state index contributed by atoms with van der Waals surface area (Å²) in [6, 6.07) is 19.5. The van der Waals surface area contributed by atoms with E-state index in [1.165, 1.54) is 0 Å². The quantitative estimate of drug-likeness (QED) is 0.872. The minimum atomic E-state index is 0.138. The Bertz CT molecular complexity index is 689. The van der Waals surface area contributed by atoms with Crippen LogP contribution in [0.4, 0.5) is 5.69 Å². The largest absolute Gasteiger partial charge is 0.360 e. The summed E-state index contributed by atoms with van der Waals surface area (Å²) in [5, 5.41) is 8.83. The highest BCUT2D eigenvalue weighted by molar-refractivity contribution is 5.82. The van der Waals surface area contributed by atoms with Crippen molar-refractivity contribution in [1.82, 2.24) is 4.90 Å². The van der Waals surface area contributed by atoms with Gasteiger partial charge in [-0.05, 0) is 29.8 Å². The van der Waals surface area contributed by atoms with Gasteiger partial charge in [0.2, 0.25) is 5.91 Å². The Balaban J connectivity index is 1.64. The van der Waals surface area contributed by atoms with Crippen LogP contribution in [-0.2, 0) is 11.3 Å². The predicted octanol–water partition coefficient (Wildman–Crippen LogP) is 2.41. The number of rotatable bonds is 3. The van der Waals surface area contributed by atoms with Crippen molar-refractivity contribution in [2.24, 2.45) is 0 Å². The second-order valence-corrected chi connectivity index (χ2v) is 5.38. The Morgan fingerprint density at radius 2 is 1.73 bits per heavy atom. The van der Waals surface area contributed by atoms with Gasteiger partial charge < -0.3 is 9.80 Å². The average molecular weight is 291 g/mol. The Morgan fingerprint density at radius 1 is 1.00 bits per heavy atom. The van der Waals surface area contributed by atoms with Crippen LogP contribution in [0.1, 0.15) is 11.1 Å². The first-order valence-electron chi connectivity index (χ1n) is 7.33. The maximum atomic E-state index is 12.3. The molecule has 0 bridgehead atoms. The number of amides is 1. The molecular formula is C18H17N3O. The molecule has 1 fully saturated rings. The molecule has 1 amide bonds. The molecule has 4 heteroatoms. The number of hydrogen-bond acceptors (Lipinski definition) is 3. The van der Waals surface area contributed by atoms with E-state index in [0.29, 0.717) is 25.2 Å². The first-order chi connectivity index (χ1) is 10.8. The summed E-state index contributed by atoms with van der Waals surface area (Å²) >= 11 is 0. The van der Waals surface area contributed by atoms with Crippen LogP contribution < -0.4 is 4.90 Å². The van der Waals surface area contributed by atoms with Crippen LogP contribution in [0, 0.1) is 11.3 Å². The molecule has 1 heterocycles. The molecular weight excluding hydrogens is 274 g/mol. The minimum Gasteiger partial charge on any atom is -0.360 e. The molecule has 1 aliphatic rings. The smallest absolute Gasteiger partial charge is 0.242 e. The summed E-state index contributed by atoms with van der Waals surface area (Å²) in [5.74, 6) is 0.138. The fourth-order valence-electron chi connectivity index (χ4n) is 2.65. The van der Waals surface area contributed by atoms with Gasteiger partial charge in [0.25, 0.3) is 0 Å². The normalized spacial score (nSPS) is 14.8. The van der Waals surface area contributed by atoms with Crippen LogP contribution >= 0.6 is 0 Å². The number of anilines is 1. The molecule has 22 heavy (non-hydrogen) atoms. The standard InChI is InChI=1S/C18H17N3O/c19-12-15-6-8-17(9-7-15)20-10-11-21(18(22)14-20)13-16-4-2-1-3-5-16/h1-9H,10-11,13-14H2. The number of carbonyl (C=O) groups excluding carboxylic acids is 1. The zero-order valence-electron chi connectivity index (χ0n) is 12.3. The summed E-state index contributed by atoms with van der Waals surface area (Å²) < 4.78 is 0. The average Bonchev–Trinajstić information content (AvgIpc) is 2.58. The van der Waals surface area contributed by atoms with Gasteiger partial charge in [-0.15, -0.1) is 0 Å². The predicted molar refractivity (Wildman–Crippen MR) is 85.2 cm³/mol. The summed E-state index contributed by atoms with van der Waals surface area (Å²) in [7, 11) is 0. The zero-order valence-corrected chi connectivity index (χ0v) is 12.3. The van der Waals surface area contributed by atoms with Gasteiger partial charge in [-0.2, -0.15) is 5.26 Å². The van der Waals surface area contributed by atoms with Crippen LogP contribution in [0.15, 0.2) is 54.6 Å². The minimum absolute atomic E-state index is 0.138. The van der Waals surface area contributed by atoms with Crippen molar-refractivity contribution in [2.45, 2.75) is 6.54 Å². The van der Waals surface area contributed by atoms with E-state index >= 15 is 0 Å². The fourth-order valence-corrected chi connectivity index (χ4v) is 2.65. The van der Waals surface area contributed by atoms with Crippen LogP contribution in [0.3, 0.4) is 0 Å². The molecule has 110 valence electrons. The van der Waals surface area contributed by atoms with Crippen molar-refractivity contribution < 1.29 is 4.79 Å². The molecule has 0 aromatic heterocycles. The topological polar surface area (TPSA) is 47.3 Å². The molecule has 1 saturated heterocycles. The molecule has 0 N–H and O–H groups in total. The van der Waals surface area contributed by atoms with E-state index in [9.17, 15) is 4.79 Å². The molecule has 0 atom stereocenters. The highest BCUT2D eigenvalue weighted by atomic mass is 16.2. The fraction of sp³-hybridized carbons (Fsp3) is 0.222. The van der Waals surface area contributed by atoms with Gasteiger partial charge >= 0.3 is 0 Å². The molecule has 3 rings (SSSR count). The first kappa shape index (κ1) is 14.2. The van der Waals surface area contributed by atoms with Crippen molar-refractivity contribution in [1.29, 1.82) is 5.26 Å². The van der Waals surface area contributed by atoms with Gasteiger partial charge in [0.15, 0.2) is 0 Å². The third-order valence-corrected chi connectivity index (χ3v) is 3.90. The molecule has 0 aliphatic carbocycles. The molecule has 0 saturated carbocycles. The lowest BCUT2D eigenvalue weighted by Crippen LogP contribution is -2.50. The number of nitrogens with zero attached hydrogens (tertiary/aromatic N) is 3. The van der Waals surface area contributed by atoms with Gasteiger partial charge in [-0.25, -0.2) is 0 Å². The van der Waals surface area contributed by atoms with E-state index < -0.39 is 0 Å². The molecule has 2 aromatic carbocycles. The van der Waals surface area contributed by atoms with Gasteiger partial charge in [0, 0.05) is 25.3 Å². The Hall–Kier alpha value is -2.80. The number of carbonyl (C=O) groups is 1. The van der Waals surface area contributed by atoms with Crippen LogP contribution in [0.25, 0.3) is 0 Å². The van der Waals surface area contributed by atoms with Crippen LogP contribution in [0.5, 0.6) is 0 Å². The van der Waals surface area contributed by atoms with Crippen molar-refractivity contribution in [3.05, 3.63) is 65.7 Å². The Morgan fingerprint density at radius 3 is 2.36 bits per heavy atom. The van der Waals surface area contributed by atoms with E-state index in [2.05, 4.69) is 11.0 Å². The van der Waals surface area contributed by atoms with Gasteiger partial charge in [0.05, 0.1) is 18.2 Å². The van der Waals surface area contributed by atoms with Crippen molar-refractivity contribution in [3.8, 4) is 6.07 Å². The van der Waals surface area contributed by atoms with Gasteiger partial charge in [-0.3, -0.25) is 4.79 Å². The summed E-state index contributed by atoms with van der Waals surface area (Å²) in [5.41, 5.74) is 2.78.